The highest BCUT2D eigenvalue weighted by molar-refractivity contribution is 5.69. The number of benzene rings is 2. The quantitative estimate of drug-likeness (QED) is 0.810. The van der Waals surface area contributed by atoms with Gasteiger partial charge in [0.2, 0.25) is 0 Å². The van der Waals surface area contributed by atoms with Gasteiger partial charge in [-0.1, -0.05) is 67.6 Å². The summed E-state index contributed by atoms with van der Waals surface area (Å²) in [6, 6.07) is 19.8. The standard InChI is InChI=1S/C22H25NO4/c1-16-13-26-21-19(25-14-17-8-4-2-5-9-17)12-23(20(16)21)22(24)27-15-18-10-6-3-7-11-18/h2-11,16,19-21H,12-15H2,1H3. The number of hydrogen-bond donors (Lipinski definition) is 0. The summed E-state index contributed by atoms with van der Waals surface area (Å²) in [7, 11) is 0. The number of ether oxygens (including phenoxy) is 3. The van der Waals surface area contributed by atoms with E-state index in [1.807, 2.05) is 60.7 Å². The average molecular weight is 367 g/mol. The van der Waals surface area contributed by atoms with Crippen LogP contribution in [0.4, 0.5) is 4.79 Å². The minimum atomic E-state index is -0.294. The maximum absolute atomic E-state index is 12.7. The molecule has 142 valence electrons. The third-order valence-electron chi connectivity index (χ3n) is 5.32. The summed E-state index contributed by atoms with van der Waals surface area (Å²) >= 11 is 0. The Morgan fingerprint density at radius 1 is 1.04 bits per heavy atom. The summed E-state index contributed by atoms with van der Waals surface area (Å²) in [5, 5.41) is 0. The van der Waals surface area contributed by atoms with Gasteiger partial charge in [-0.2, -0.15) is 0 Å². The topological polar surface area (TPSA) is 48.0 Å². The van der Waals surface area contributed by atoms with Gasteiger partial charge in [-0.25, -0.2) is 4.79 Å². The third-order valence-corrected chi connectivity index (χ3v) is 5.32. The van der Waals surface area contributed by atoms with E-state index in [0.717, 1.165) is 11.1 Å². The van der Waals surface area contributed by atoms with Gasteiger partial charge in [0.25, 0.3) is 0 Å². The lowest BCUT2D eigenvalue weighted by molar-refractivity contribution is -0.0381. The van der Waals surface area contributed by atoms with Crippen LogP contribution in [-0.4, -0.2) is 42.4 Å². The molecule has 0 bridgehead atoms. The molecule has 2 aliphatic rings. The molecule has 2 aromatic rings. The molecule has 4 rings (SSSR count). The Balaban J connectivity index is 1.39. The lowest BCUT2D eigenvalue weighted by Gasteiger charge is -2.24. The second-order valence-electron chi connectivity index (χ2n) is 7.29. The molecular formula is C22H25NO4. The number of rotatable bonds is 5. The zero-order valence-corrected chi connectivity index (χ0v) is 15.5. The number of carbonyl (C=O) groups is 1. The van der Waals surface area contributed by atoms with Crippen molar-refractivity contribution in [3.63, 3.8) is 0 Å². The molecule has 2 heterocycles. The van der Waals surface area contributed by atoms with Crippen LogP contribution in [-0.2, 0) is 27.4 Å². The number of fused-ring (bicyclic) bond motifs is 1. The third kappa shape index (κ3) is 3.99. The summed E-state index contributed by atoms with van der Waals surface area (Å²) in [4.78, 5) is 14.5. The smallest absolute Gasteiger partial charge is 0.410 e. The molecule has 0 saturated carbocycles. The van der Waals surface area contributed by atoms with E-state index in [1.54, 1.807) is 4.90 Å². The van der Waals surface area contributed by atoms with Crippen LogP contribution >= 0.6 is 0 Å². The lowest BCUT2D eigenvalue weighted by atomic mass is 10.0. The highest BCUT2D eigenvalue weighted by Gasteiger charge is 2.52. The maximum atomic E-state index is 12.7. The zero-order chi connectivity index (χ0) is 18.6. The van der Waals surface area contributed by atoms with E-state index in [4.69, 9.17) is 14.2 Å². The number of nitrogens with zero attached hydrogens (tertiary/aromatic N) is 1. The largest absolute Gasteiger partial charge is 0.445 e. The Labute approximate surface area is 159 Å². The molecule has 0 aromatic heterocycles. The molecule has 0 N–H and O–H groups in total. The van der Waals surface area contributed by atoms with Crippen molar-refractivity contribution in [1.29, 1.82) is 0 Å². The van der Waals surface area contributed by atoms with Crippen molar-refractivity contribution >= 4 is 6.09 Å². The van der Waals surface area contributed by atoms with Crippen LogP contribution in [0.5, 0.6) is 0 Å². The zero-order valence-electron chi connectivity index (χ0n) is 15.5. The molecule has 1 amide bonds. The SMILES string of the molecule is CC1COC2C(OCc3ccccc3)CN(C(=O)OCc3ccccc3)C12. The van der Waals surface area contributed by atoms with Gasteiger partial charge in [0.1, 0.15) is 18.8 Å². The maximum Gasteiger partial charge on any atom is 0.410 e. The summed E-state index contributed by atoms with van der Waals surface area (Å²) < 4.78 is 17.6. The van der Waals surface area contributed by atoms with Gasteiger partial charge in [0, 0.05) is 5.92 Å². The van der Waals surface area contributed by atoms with Crippen LogP contribution in [0.2, 0.25) is 0 Å². The monoisotopic (exact) mass is 367 g/mol. The van der Waals surface area contributed by atoms with Crippen LogP contribution in [0, 0.1) is 5.92 Å². The summed E-state index contributed by atoms with van der Waals surface area (Å²) in [5.74, 6) is 0.268. The first-order valence-corrected chi connectivity index (χ1v) is 9.47. The van der Waals surface area contributed by atoms with Gasteiger partial charge >= 0.3 is 6.09 Å². The Hall–Kier alpha value is -2.37. The fourth-order valence-corrected chi connectivity index (χ4v) is 3.94. The molecule has 27 heavy (non-hydrogen) atoms. The van der Waals surface area contributed by atoms with Crippen molar-refractivity contribution in [2.75, 3.05) is 13.2 Å². The van der Waals surface area contributed by atoms with Gasteiger partial charge in [-0.15, -0.1) is 0 Å². The van der Waals surface area contributed by atoms with E-state index in [9.17, 15) is 4.79 Å². The van der Waals surface area contributed by atoms with Crippen molar-refractivity contribution in [3.8, 4) is 0 Å². The van der Waals surface area contributed by atoms with E-state index in [0.29, 0.717) is 19.8 Å². The Morgan fingerprint density at radius 2 is 1.67 bits per heavy atom. The van der Waals surface area contributed by atoms with Crippen LogP contribution in [0.25, 0.3) is 0 Å². The van der Waals surface area contributed by atoms with Crippen molar-refractivity contribution in [3.05, 3.63) is 71.8 Å². The lowest BCUT2D eigenvalue weighted by Crippen LogP contribution is -2.41. The number of likely N-dealkylation sites (tertiary alicyclic amines) is 1. The fraction of sp³-hybridized carbons (Fsp3) is 0.409. The van der Waals surface area contributed by atoms with Crippen molar-refractivity contribution in [2.45, 2.75) is 38.4 Å². The first-order valence-electron chi connectivity index (χ1n) is 9.47. The predicted molar refractivity (Wildman–Crippen MR) is 101 cm³/mol. The fourth-order valence-electron chi connectivity index (χ4n) is 3.94. The minimum absolute atomic E-state index is 0.00838. The van der Waals surface area contributed by atoms with Gasteiger partial charge in [0.15, 0.2) is 0 Å². The number of hydrogen-bond acceptors (Lipinski definition) is 4. The van der Waals surface area contributed by atoms with Gasteiger partial charge < -0.3 is 14.2 Å². The van der Waals surface area contributed by atoms with Crippen LogP contribution in [0.1, 0.15) is 18.1 Å². The highest BCUT2D eigenvalue weighted by atomic mass is 16.6. The molecule has 5 nitrogen and oxygen atoms in total. The van der Waals surface area contributed by atoms with E-state index in [-0.39, 0.29) is 36.9 Å². The molecule has 2 fully saturated rings. The number of amides is 1. The van der Waals surface area contributed by atoms with E-state index in [2.05, 4.69) is 6.92 Å². The molecular weight excluding hydrogens is 342 g/mol. The first kappa shape index (κ1) is 18.0. The summed E-state index contributed by atoms with van der Waals surface area (Å²) in [6.07, 6.45) is -0.519. The Bertz CT molecular complexity index is 751. The normalized spacial score (nSPS) is 26.8. The van der Waals surface area contributed by atoms with E-state index >= 15 is 0 Å². The highest BCUT2D eigenvalue weighted by Crippen LogP contribution is 2.35. The molecule has 2 saturated heterocycles. The van der Waals surface area contributed by atoms with Crippen LogP contribution < -0.4 is 0 Å². The van der Waals surface area contributed by atoms with Crippen molar-refractivity contribution in [2.24, 2.45) is 5.92 Å². The second-order valence-corrected chi connectivity index (χ2v) is 7.29. The average Bonchev–Trinajstić information content (AvgIpc) is 3.27. The molecule has 0 spiro atoms. The first-order chi connectivity index (χ1) is 13.2. The Morgan fingerprint density at radius 3 is 2.33 bits per heavy atom. The van der Waals surface area contributed by atoms with Gasteiger partial charge in [-0.3, -0.25) is 4.90 Å². The summed E-state index contributed by atoms with van der Waals surface area (Å²) in [6.45, 7) is 4.04. The van der Waals surface area contributed by atoms with E-state index < -0.39 is 0 Å². The van der Waals surface area contributed by atoms with E-state index in [1.165, 1.54) is 0 Å². The molecule has 2 aromatic carbocycles. The van der Waals surface area contributed by atoms with Gasteiger partial charge in [0.05, 0.1) is 25.8 Å². The van der Waals surface area contributed by atoms with Crippen molar-refractivity contribution < 1.29 is 19.0 Å². The minimum Gasteiger partial charge on any atom is -0.445 e. The van der Waals surface area contributed by atoms with Crippen molar-refractivity contribution in [1.82, 2.24) is 4.90 Å². The number of carbonyl (C=O) groups excluding carboxylic acids is 1. The predicted octanol–water partition coefficient (Wildman–Crippen LogP) is 3.63. The van der Waals surface area contributed by atoms with Crippen LogP contribution in [0.3, 0.4) is 0 Å². The molecule has 4 unspecified atom stereocenters. The molecule has 5 heteroatoms. The molecule has 0 radical (unpaired) electrons. The second kappa shape index (κ2) is 8.11. The molecule has 0 aliphatic carbocycles. The van der Waals surface area contributed by atoms with Crippen LogP contribution in [0.15, 0.2) is 60.7 Å². The van der Waals surface area contributed by atoms with Gasteiger partial charge in [-0.05, 0) is 11.1 Å². The Kier molecular flexibility index (Phi) is 5.41. The molecule has 2 aliphatic heterocycles. The molecule has 4 atom stereocenters. The summed E-state index contributed by atoms with van der Waals surface area (Å²) in [5.41, 5.74) is 2.10.